The predicted molar refractivity (Wildman–Crippen MR) is 104 cm³/mol. The summed E-state index contributed by atoms with van der Waals surface area (Å²) in [5.41, 5.74) is 2.05. The standard InChI is InChI=1S/C21H22F2N2O5/c22-21(23)8-5-15(6-9-21)14-3-1-13(2-4-14)12-25-10-7-16(26)18(20(25)30)19(29)24-11-17(27)28/h1-5,26H,6-12H2,(H,24,29)(H,27,28). The third-order valence-corrected chi connectivity index (χ3v) is 5.14. The first-order valence-electron chi connectivity index (χ1n) is 9.54. The van der Waals surface area contributed by atoms with E-state index in [4.69, 9.17) is 5.11 Å². The number of carbonyl (C=O) groups excluding carboxylic acids is 2. The topological polar surface area (TPSA) is 107 Å². The maximum atomic E-state index is 13.3. The summed E-state index contributed by atoms with van der Waals surface area (Å²) in [6, 6.07) is 7.21. The summed E-state index contributed by atoms with van der Waals surface area (Å²) >= 11 is 0. The number of rotatable bonds is 6. The Hall–Kier alpha value is -3.23. The molecule has 0 saturated heterocycles. The first-order valence-corrected chi connectivity index (χ1v) is 9.54. The fourth-order valence-corrected chi connectivity index (χ4v) is 3.47. The molecule has 2 amide bonds. The molecule has 30 heavy (non-hydrogen) atoms. The van der Waals surface area contributed by atoms with E-state index in [1.807, 2.05) is 12.1 Å². The zero-order chi connectivity index (χ0) is 21.9. The molecule has 1 aliphatic carbocycles. The fraction of sp³-hybridized carbons (Fsp3) is 0.381. The van der Waals surface area contributed by atoms with Gasteiger partial charge in [0.15, 0.2) is 0 Å². The summed E-state index contributed by atoms with van der Waals surface area (Å²) in [6.07, 6.45) is 1.50. The van der Waals surface area contributed by atoms with E-state index in [1.54, 1.807) is 18.2 Å². The molecule has 7 nitrogen and oxygen atoms in total. The lowest BCUT2D eigenvalue weighted by Gasteiger charge is -2.28. The van der Waals surface area contributed by atoms with Gasteiger partial charge in [-0.2, -0.15) is 0 Å². The summed E-state index contributed by atoms with van der Waals surface area (Å²) in [5.74, 6) is -5.88. The lowest BCUT2D eigenvalue weighted by Crippen LogP contribution is -2.43. The Labute approximate surface area is 171 Å². The Kier molecular flexibility index (Phi) is 6.19. The first kappa shape index (κ1) is 21.5. The van der Waals surface area contributed by atoms with Crippen molar-refractivity contribution in [2.45, 2.75) is 38.2 Å². The summed E-state index contributed by atoms with van der Waals surface area (Å²) in [6.45, 7) is -0.256. The molecule has 0 aromatic heterocycles. The molecule has 0 saturated carbocycles. The van der Waals surface area contributed by atoms with Crippen molar-refractivity contribution >= 4 is 23.4 Å². The van der Waals surface area contributed by atoms with Gasteiger partial charge in [-0.05, 0) is 23.1 Å². The smallest absolute Gasteiger partial charge is 0.322 e. The average molecular weight is 420 g/mol. The summed E-state index contributed by atoms with van der Waals surface area (Å²) in [4.78, 5) is 36.7. The van der Waals surface area contributed by atoms with Crippen LogP contribution in [0.15, 0.2) is 41.7 Å². The molecule has 0 atom stereocenters. The number of nitrogens with zero attached hydrogens (tertiary/aromatic N) is 1. The molecule has 0 bridgehead atoms. The van der Waals surface area contributed by atoms with Crippen LogP contribution < -0.4 is 5.32 Å². The SMILES string of the molecule is O=C(O)CNC(=O)C1=C(O)CCN(Cc2ccc(C3=CCC(F)(F)CC3)cc2)C1=O. The zero-order valence-corrected chi connectivity index (χ0v) is 16.2. The lowest BCUT2D eigenvalue weighted by molar-refractivity contribution is -0.138. The molecule has 3 rings (SSSR count). The van der Waals surface area contributed by atoms with E-state index < -0.39 is 35.8 Å². The molecule has 2 aliphatic rings. The number of carbonyl (C=O) groups is 3. The minimum absolute atomic E-state index is 0.0841. The van der Waals surface area contributed by atoms with Crippen LogP contribution in [0.25, 0.3) is 5.57 Å². The highest BCUT2D eigenvalue weighted by atomic mass is 19.3. The maximum absolute atomic E-state index is 13.3. The Bertz CT molecular complexity index is 922. The van der Waals surface area contributed by atoms with Gasteiger partial charge in [-0.3, -0.25) is 14.4 Å². The van der Waals surface area contributed by atoms with Crippen LogP contribution in [0.1, 0.15) is 36.8 Å². The van der Waals surface area contributed by atoms with Crippen LogP contribution in [0.5, 0.6) is 0 Å². The van der Waals surface area contributed by atoms with Gasteiger partial charge in [0.2, 0.25) is 0 Å². The Balaban J connectivity index is 1.66. The minimum Gasteiger partial charge on any atom is -0.511 e. The van der Waals surface area contributed by atoms with Crippen molar-refractivity contribution in [1.82, 2.24) is 10.2 Å². The minimum atomic E-state index is -2.65. The zero-order valence-electron chi connectivity index (χ0n) is 16.2. The molecule has 9 heteroatoms. The molecular weight excluding hydrogens is 398 g/mol. The number of hydrogen-bond acceptors (Lipinski definition) is 4. The highest BCUT2D eigenvalue weighted by Crippen LogP contribution is 2.36. The van der Waals surface area contributed by atoms with Crippen molar-refractivity contribution in [3.63, 3.8) is 0 Å². The number of carboxylic acids is 1. The van der Waals surface area contributed by atoms with Gasteiger partial charge in [0.25, 0.3) is 17.7 Å². The van der Waals surface area contributed by atoms with Crippen molar-refractivity contribution in [3.05, 3.63) is 52.8 Å². The molecular formula is C21H22F2N2O5. The normalized spacial score (nSPS) is 18.8. The lowest BCUT2D eigenvalue weighted by atomic mass is 9.91. The Morgan fingerprint density at radius 1 is 1.17 bits per heavy atom. The van der Waals surface area contributed by atoms with E-state index in [2.05, 4.69) is 5.32 Å². The van der Waals surface area contributed by atoms with E-state index in [0.29, 0.717) is 6.42 Å². The molecule has 0 unspecified atom stereocenters. The molecule has 0 radical (unpaired) electrons. The molecule has 1 heterocycles. The average Bonchev–Trinajstić information content (AvgIpc) is 2.69. The summed E-state index contributed by atoms with van der Waals surface area (Å²) in [7, 11) is 0. The molecule has 1 aromatic carbocycles. The number of halogens is 2. The highest BCUT2D eigenvalue weighted by Gasteiger charge is 2.33. The number of nitrogens with one attached hydrogen (secondary N) is 1. The van der Waals surface area contributed by atoms with Gasteiger partial charge < -0.3 is 20.4 Å². The van der Waals surface area contributed by atoms with Gasteiger partial charge in [0, 0.05) is 32.4 Å². The molecule has 1 aromatic rings. The number of aliphatic hydroxyl groups is 1. The van der Waals surface area contributed by atoms with Gasteiger partial charge in [0.1, 0.15) is 17.9 Å². The number of allylic oxidation sites excluding steroid dienone is 2. The fourth-order valence-electron chi connectivity index (χ4n) is 3.47. The number of aliphatic hydroxyl groups excluding tert-OH is 1. The van der Waals surface area contributed by atoms with Crippen LogP contribution in [0.4, 0.5) is 8.78 Å². The number of alkyl halides is 2. The quantitative estimate of drug-likeness (QED) is 0.614. The van der Waals surface area contributed by atoms with Crippen molar-refractivity contribution in [2.75, 3.05) is 13.1 Å². The van der Waals surface area contributed by atoms with Crippen LogP contribution in [-0.2, 0) is 20.9 Å². The molecule has 160 valence electrons. The van der Waals surface area contributed by atoms with Crippen molar-refractivity contribution in [1.29, 1.82) is 0 Å². The van der Waals surface area contributed by atoms with Crippen molar-refractivity contribution in [2.24, 2.45) is 0 Å². The first-order chi connectivity index (χ1) is 14.2. The Morgan fingerprint density at radius 3 is 2.47 bits per heavy atom. The van der Waals surface area contributed by atoms with Gasteiger partial charge >= 0.3 is 5.97 Å². The molecule has 0 fully saturated rings. The van der Waals surface area contributed by atoms with Gasteiger partial charge in [-0.25, -0.2) is 8.78 Å². The third-order valence-electron chi connectivity index (χ3n) is 5.14. The van der Waals surface area contributed by atoms with Gasteiger partial charge in [-0.1, -0.05) is 30.3 Å². The van der Waals surface area contributed by atoms with Crippen LogP contribution in [0.2, 0.25) is 0 Å². The molecule has 0 spiro atoms. The van der Waals surface area contributed by atoms with Gasteiger partial charge in [0.05, 0.1) is 0 Å². The highest BCUT2D eigenvalue weighted by molar-refractivity contribution is 6.19. The number of hydrogen-bond donors (Lipinski definition) is 3. The molecule has 1 aliphatic heterocycles. The van der Waals surface area contributed by atoms with E-state index in [1.165, 1.54) is 4.90 Å². The monoisotopic (exact) mass is 420 g/mol. The van der Waals surface area contributed by atoms with Crippen LogP contribution in [0, 0.1) is 0 Å². The third kappa shape index (κ3) is 5.03. The second-order valence-corrected chi connectivity index (χ2v) is 7.36. The van der Waals surface area contributed by atoms with Crippen LogP contribution in [-0.4, -0.2) is 51.9 Å². The van der Waals surface area contributed by atoms with E-state index in [0.717, 1.165) is 16.7 Å². The van der Waals surface area contributed by atoms with Crippen molar-refractivity contribution < 1.29 is 33.4 Å². The van der Waals surface area contributed by atoms with E-state index in [-0.39, 0.29) is 38.1 Å². The Morgan fingerprint density at radius 2 is 1.87 bits per heavy atom. The predicted octanol–water partition coefficient (Wildman–Crippen LogP) is 2.63. The van der Waals surface area contributed by atoms with Crippen LogP contribution in [0.3, 0.4) is 0 Å². The summed E-state index contributed by atoms with van der Waals surface area (Å²) < 4.78 is 26.6. The van der Waals surface area contributed by atoms with E-state index in [9.17, 15) is 28.3 Å². The second kappa shape index (κ2) is 8.64. The molecule has 3 N–H and O–H groups in total. The summed E-state index contributed by atoms with van der Waals surface area (Å²) in [5, 5.41) is 20.7. The number of benzene rings is 1. The largest absolute Gasteiger partial charge is 0.511 e. The van der Waals surface area contributed by atoms with E-state index >= 15 is 0 Å². The van der Waals surface area contributed by atoms with Gasteiger partial charge in [-0.15, -0.1) is 0 Å². The number of carboxylic acid groups (broad SMARTS) is 1. The maximum Gasteiger partial charge on any atom is 0.322 e. The number of aliphatic carboxylic acids is 1. The second-order valence-electron chi connectivity index (χ2n) is 7.36. The van der Waals surface area contributed by atoms with Crippen LogP contribution >= 0.6 is 0 Å². The van der Waals surface area contributed by atoms with Crippen molar-refractivity contribution in [3.8, 4) is 0 Å². The number of amides is 2.